The maximum atomic E-state index is 11.9. The number of rotatable bonds is 0. The number of ketones is 1. The topological polar surface area (TPSA) is 77.8 Å². The fraction of sp³-hybridized carbons (Fsp3) is 0.811. The summed E-state index contributed by atoms with van der Waals surface area (Å²) in [6.07, 6.45) is 16.8. The minimum atomic E-state index is -0.0883. The molecule has 8 rings (SSSR count). The number of aliphatic hydroxyl groups excluding tert-OH is 2. The number of carbonyl (C=O) groups is 1. The number of hydrogen-bond acceptors (Lipinski definition) is 4. The van der Waals surface area contributed by atoms with Crippen molar-refractivity contribution in [3.8, 4) is 5.75 Å². The highest BCUT2D eigenvalue weighted by Crippen LogP contribution is 2.66. The lowest BCUT2D eigenvalue weighted by atomic mass is 9.45. The van der Waals surface area contributed by atoms with Gasteiger partial charge in [0.25, 0.3) is 0 Å². The SMILES string of the molecule is C[C@]12CCC(=O)C[C@@H]1CC[C@@H]1[C@@H]2CC[C@]2(C)[C@@H](O)CC[C@@H]12.C[C@]12CC[C@@H]3c4ccc(O)cc4CC[C@H]3[C@@H]1CC[C@@H]2O. The smallest absolute Gasteiger partial charge is 0.133 e. The Kier molecular flexibility index (Phi) is 6.98. The van der Waals surface area contributed by atoms with Gasteiger partial charge in [-0.15, -0.1) is 0 Å². The Bertz CT molecular complexity index is 1180. The van der Waals surface area contributed by atoms with E-state index >= 15 is 0 Å². The second-order valence-electron chi connectivity index (χ2n) is 16.5. The van der Waals surface area contributed by atoms with Gasteiger partial charge in [0.15, 0.2) is 0 Å². The maximum Gasteiger partial charge on any atom is 0.133 e. The second-order valence-corrected chi connectivity index (χ2v) is 16.5. The van der Waals surface area contributed by atoms with Gasteiger partial charge in [-0.05, 0) is 164 Å². The van der Waals surface area contributed by atoms with Crippen LogP contribution in [-0.2, 0) is 11.2 Å². The third-order valence-corrected chi connectivity index (χ3v) is 15.1. The van der Waals surface area contributed by atoms with Crippen LogP contribution in [0.2, 0.25) is 0 Å². The molecule has 7 aliphatic carbocycles. The van der Waals surface area contributed by atoms with Crippen molar-refractivity contribution in [3.63, 3.8) is 0 Å². The van der Waals surface area contributed by atoms with Crippen LogP contribution in [-0.4, -0.2) is 33.3 Å². The summed E-state index contributed by atoms with van der Waals surface area (Å²) in [5, 5.41) is 30.5. The molecule has 7 aliphatic rings. The minimum Gasteiger partial charge on any atom is -0.508 e. The molecule has 41 heavy (non-hydrogen) atoms. The molecule has 1 aromatic carbocycles. The van der Waals surface area contributed by atoms with Crippen LogP contribution in [0.4, 0.5) is 0 Å². The first-order valence-electron chi connectivity index (χ1n) is 17.2. The minimum absolute atomic E-state index is 0.0677. The van der Waals surface area contributed by atoms with E-state index in [1.54, 1.807) is 0 Å². The van der Waals surface area contributed by atoms with Crippen molar-refractivity contribution in [2.75, 3.05) is 0 Å². The van der Waals surface area contributed by atoms with E-state index in [1.165, 1.54) is 62.5 Å². The second kappa shape index (κ2) is 10.1. The van der Waals surface area contributed by atoms with Crippen molar-refractivity contribution in [1.29, 1.82) is 0 Å². The third-order valence-electron chi connectivity index (χ3n) is 15.1. The zero-order chi connectivity index (χ0) is 28.7. The van der Waals surface area contributed by atoms with Gasteiger partial charge in [-0.2, -0.15) is 0 Å². The van der Waals surface area contributed by atoms with Crippen LogP contribution in [0.25, 0.3) is 0 Å². The van der Waals surface area contributed by atoms with Crippen molar-refractivity contribution >= 4 is 5.78 Å². The quantitative estimate of drug-likeness (QED) is 0.305. The van der Waals surface area contributed by atoms with Crippen LogP contribution in [0.5, 0.6) is 5.75 Å². The molecule has 0 aromatic heterocycles. The van der Waals surface area contributed by atoms with Gasteiger partial charge in [0, 0.05) is 12.8 Å². The van der Waals surface area contributed by atoms with Gasteiger partial charge in [-0.1, -0.05) is 26.8 Å². The monoisotopic (exact) mass is 562 g/mol. The lowest BCUT2D eigenvalue weighted by Crippen LogP contribution is -2.54. The summed E-state index contributed by atoms with van der Waals surface area (Å²) >= 11 is 0. The number of aryl methyl sites for hydroxylation is 1. The van der Waals surface area contributed by atoms with Gasteiger partial charge < -0.3 is 15.3 Å². The molecule has 12 atom stereocenters. The molecule has 4 heteroatoms. The molecule has 0 bridgehead atoms. The van der Waals surface area contributed by atoms with Crippen molar-refractivity contribution in [2.45, 2.75) is 135 Å². The molecule has 0 saturated heterocycles. The predicted molar refractivity (Wildman–Crippen MR) is 161 cm³/mol. The van der Waals surface area contributed by atoms with E-state index in [1.807, 2.05) is 12.1 Å². The lowest BCUT2D eigenvalue weighted by molar-refractivity contribution is -0.141. The predicted octanol–water partition coefficient (Wildman–Crippen LogP) is 7.57. The summed E-state index contributed by atoms with van der Waals surface area (Å²) in [5.74, 6) is 6.01. The van der Waals surface area contributed by atoms with Crippen molar-refractivity contribution in [2.24, 2.45) is 51.8 Å². The molecular formula is C37H54O4. The summed E-state index contributed by atoms with van der Waals surface area (Å²) in [5.41, 5.74) is 3.59. The van der Waals surface area contributed by atoms with Gasteiger partial charge in [0.1, 0.15) is 11.5 Å². The number of hydrogen-bond donors (Lipinski definition) is 3. The first-order valence-corrected chi connectivity index (χ1v) is 17.2. The number of fused-ring (bicyclic) bond motifs is 10. The summed E-state index contributed by atoms with van der Waals surface area (Å²) in [6.45, 7) is 7.16. The molecule has 0 amide bonds. The Labute approximate surface area is 247 Å². The van der Waals surface area contributed by atoms with Crippen molar-refractivity contribution in [3.05, 3.63) is 29.3 Å². The molecule has 0 aliphatic heterocycles. The number of aromatic hydroxyl groups is 1. The van der Waals surface area contributed by atoms with E-state index in [-0.39, 0.29) is 23.0 Å². The number of phenolic OH excluding ortho intramolecular Hbond substituents is 1. The van der Waals surface area contributed by atoms with Crippen molar-refractivity contribution < 1.29 is 20.1 Å². The van der Waals surface area contributed by atoms with E-state index in [4.69, 9.17) is 0 Å². The molecule has 4 nitrogen and oxygen atoms in total. The molecule has 226 valence electrons. The molecule has 1 aromatic rings. The zero-order valence-electron chi connectivity index (χ0n) is 25.8. The molecule has 0 radical (unpaired) electrons. The lowest BCUT2D eigenvalue weighted by Gasteiger charge is -2.60. The van der Waals surface area contributed by atoms with Gasteiger partial charge in [-0.25, -0.2) is 0 Å². The maximum absolute atomic E-state index is 11.9. The van der Waals surface area contributed by atoms with Gasteiger partial charge >= 0.3 is 0 Å². The first kappa shape index (κ1) is 28.4. The molecule has 3 N–H and O–H groups in total. The Balaban J connectivity index is 0.000000135. The average Bonchev–Trinajstić information content (AvgIpc) is 3.43. The Morgan fingerprint density at radius 2 is 1.34 bits per heavy atom. The molecule has 0 heterocycles. The summed E-state index contributed by atoms with van der Waals surface area (Å²) in [4.78, 5) is 11.9. The van der Waals surface area contributed by atoms with Crippen LogP contribution < -0.4 is 0 Å². The van der Waals surface area contributed by atoms with Gasteiger partial charge in [-0.3, -0.25) is 4.79 Å². The fourth-order valence-electron chi connectivity index (χ4n) is 12.6. The van der Waals surface area contributed by atoms with Crippen LogP contribution in [0.3, 0.4) is 0 Å². The number of Topliss-reactive ketones (excluding diaryl/α,β-unsaturated/α-hetero) is 1. The molecule has 0 unspecified atom stereocenters. The van der Waals surface area contributed by atoms with Crippen LogP contribution in [0.15, 0.2) is 18.2 Å². The van der Waals surface area contributed by atoms with Crippen LogP contribution in [0.1, 0.15) is 128 Å². The Morgan fingerprint density at radius 1 is 0.683 bits per heavy atom. The number of carbonyl (C=O) groups excluding carboxylic acids is 1. The Morgan fingerprint density at radius 3 is 2.07 bits per heavy atom. The number of benzene rings is 1. The third kappa shape index (κ3) is 4.31. The Hall–Kier alpha value is -1.39. The zero-order valence-corrected chi connectivity index (χ0v) is 25.8. The molecule has 6 saturated carbocycles. The fourth-order valence-corrected chi connectivity index (χ4v) is 12.6. The largest absolute Gasteiger partial charge is 0.508 e. The molecule has 6 fully saturated rings. The van der Waals surface area contributed by atoms with Gasteiger partial charge in [0.05, 0.1) is 12.2 Å². The normalized spacial score (nSPS) is 49.8. The van der Waals surface area contributed by atoms with E-state index in [9.17, 15) is 20.1 Å². The van der Waals surface area contributed by atoms with Gasteiger partial charge in [0.2, 0.25) is 0 Å². The van der Waals surface area contributed by atoms with E-state index in [0.29, 0.717) is 34.7 Å². The van der Waals surface area contributed by atoms with E-state index < -0.39 is 0 Å². The summed E-state index contributed by atoms with van der Waals surface area (Å²) in [7, 11) is 0. The number of aliphatic hydroxyl groups is 2. The highest BCUT2D eigenvalue weighted by molar-refractivity contribution is 5.79. The van der Waals surface area contributed by atoms with Crippen molar-refractivity contribution in [1.82, 2.24) is 0 Å². The highest BCUT2D eigenvalue weighted by Gasteiger charge is 2.60. The van der Waals surface area contributed by atoms with Crippen LogP contribution >= 0.6 is 0 Å². The highest BCUT2D eigenvalue weighted by atomic mass is 16.3. The molecule has 0 spiro atoms. The standard InChI is InChI=1S/C19H30O2.C18H24O2/c1-18-9-7-13(20)11-12(18)3-4-14-15-5-6-17(21)19(15,2)10-8-16(14)18;1-18-9-8-14-13-5-3-12(19)10-11(13)2-4-15(14)16(18)6-7-17(18)20/h12,14-17,21H,3-11H2,1-2H3;3,5,10,14-17,19-20H,2,4,6-9H2,1H3/t12-,14-,15-,16-,17-,18-,19-;14-,15-,16+,17+,18+/m01/s1. The summed E-state index contributed by atoms with van der Waals surface area (Å²) < 4.78 is 0. The summed E-state index contributed by atoms with van der Waals surface area (Å²) in [6, 6.07) is 5.96. The van der Waals surface area contributed by atoms with Crippen LogP contribution in [0, 0.1) is 51.8 Å². The first-order chi connectivity index (χ1) is 19.5. The van der Waals surface area contributed by atoms with E-state index in [2.05, 4.69) is 26.8 Å². The molecular weight excluding hydrogens is 508 g/mol. The van der Waals surface area contributed by atoms with E-state index in [0.717, 1.165) is 68.6 Å². The number of phenols is 1. The average molecular weight is 563 g/mol.